The summed E-state index contributed by atoms with van der Waals surface area (Å²) in [4.78, 5) is 43.2. The number of carbonyl (C=O) groups excluding carboxylic acids is 3. The number of hydrazine groups is 1. The molecule has 2 aromatic carbocycles. The number of nitrogens with one attached hydrogen (secondary N) is 2. The largest absolute Gasteiger partial charge is 0.346 e. The summed E-state index contributed by atoms with van der Waals surface area (Å²) in [5.74, 6) is -1.49. The predicted octanol–water partition coefficient (Wildman–Crippen LogP) is 1.80. The molecular weight excluding hydrogens is 413 g/mol. The first kappa shape index (κ1) is 21.5. The number of amidine groups is 1. The van der Waals surface area contributed by atoms with Gasteiger partial charge in [0.05, 0.1) is 11.3 Å². The standard InChI is InChI=1S/C23H24FN5O3/c1-15-6-8-17(9-7-15)29-20(30)14-25-21(27-29)22(31)26-16-10-12-28(13-11-16)23(32)18-4-2-3-5-19(18)24/h2-9,16H,10-14H2,1H3,(H,25,27)(H,26,31). The van der Waals surface area contributed by atoms with Gasteiger partial charge in [-0.05, 0) is 44.0 Å². The maximum Gasteiger partial charge on any atom is 0.288 e. The third-order valence-electron chi connectivity index (χ3n) is 5.57. The van der Waals surface area contributed by atoms with Crippen LogP contribution in [0.25, 0.3) is 0 Å². The number of rotatable bonds is 4. The molecule has 3 amide bonds. The zero-order chi connectivity index (χ0) is 22.7. The maximum absolute atomic E-state index is 13.9. The summed E-state index contributed by atoms with van der Waals surface area (Å²) < 4.78 is 13.9. The molecule has 8 nitrogen and oxygen atoms in total. The topological polar surface area (TPSA) is 94.1 Å². The van der Waals surface area contributed by atoms with Crippen molar-refractivity contribution in [1.82, 2.24) is 15.6 Å². The summed E-state index contributed by atoms with van der Waals surface area (Å²) in [6.07, 6.45) is 1.08. The van der Waals surface area contributed by atoms with Gasteiger partial charge in [0.15, 0.2) is 0 Å². The lowest BCUT2D eigenvalue weighted by molar-refractivity contribution is -0.118. The molecule has 0 atom stereocenters. The van der Waals surface area contributed by atoms with Crippen molar-refractivity contribution < 1.29 is 18.8 Å². The number of anilines is 1. The molecule has 32 heavy (non-hydrogen) atoms. The SMILES string of the molecule is Cc1ccc(N2NC(C(=O)NC3CCN(C(=O)c4ccccc4F)CC3)=NCC2=O)cc1. The fourth-order valence-electron chi connectivity index (χ4n) is 3.73. The molecule has 9 heteroatoms. The van der Waals surface area contributed by atoms with E-state index < -0.39 is 11.7 Å². The molecule has 2 aromatic rings. The van der Waals surface area contributed by atoms with Crippen LogP contribution < -0.4 is 15.8 Å². The Bertz CT molecular complexity index is 1060. The minimum atomic E-state index is -0.540. The zero-order valence-electron chi connectivity index (χ0n) is 17.7. The molecule has 4 rings (SSSR count). The van der Waals surface area contributed by atoms with E-state index in [-0.39, 0.29) is 35.8 Å². The van der Waals surface area contributed by atoms with Crippen LogP contribution in [0.1, 0.15) is 28.8 Å². The smallest absolute Gasteiger partial charge is 0.288 e. The Morgan fingerprint density at radius 2 is 1.78 bits per heavy atom. The minimum absolute atomic E-state index is 0.0524. The highest BCUT2D eigenvalue weighted by atomic mass is 19.1. The van der Waals surface area contributed by atoms with Gasteiger partial charge >= 0.3 is 0 Å². The van der Waals surface area contributed by atoms with E-state index in [1.54, 1.807) is 29.2 Å². The van der Waals surface area contributed by atoms with Crippen LogP contribution in [0.3, 0.4) is 0 Å². The summed E-state index contributed by atoms with van der Waals surface area (Å²) in [6, 6.07) is 13.1. The van der Waals surface area contributed by atoms with Gasteiger partial charge in [0.25, 0.3) is 17.7 Å². The maximum atomic E-state index is 13.9. The number of amides is 3. The van der Waals surface area contributed by atoms with Crippen molar-refractivity contribution in [2.24, 2.45) is 4.99 Å². The number of piperidine rings is 1. The number of benzene rings is 2. The van der Waals surface area contributed by atoms with Crippen LogP contribution >= 0.6 is 0 Å². The molecule has 1 fully saturated rings. The lowest BCUT2D eigenvalue weighted by atomic mass is 10.0. The van der Waals surface area contributed by atoms with Crippen molar-refractivity contribution >= 4 is 29.2 Å². The monoisotopic (exact) mass is 437 g/mol. The van der Waals surface area contributed by atoms with Crippen molar-refractivity contribution in [2.75, 3.05) is 24.6 Å². The number of hydrogen-bond acceptors (Lipinski definition) is 5. The van der Waals surface area contributed by atoms with Crippen molar-refractivity contribution in [1.29, 1.82) is 0 Å². The Balaban J connectivity index is 1.33. The molecule has 0 bridgehead atoms. The summed E-state index contributed by atoms with van der Waals surface area (Å²) in [7, 11) is 0. The van der Waals surface area contributed by atoms with E-state index in [9.17, 15) is 18.8 Å². The quantitative estimate of drug-likeness (QED) is 0.763. The second-order valence-electron chi connectivity index (χ2n) is 7.86. The third kappa shape index (κ3) is 4.61. The van der Waals surface area contributed by atoms with Crippen LogP contribution in [0.15, 0.2) is 53.5 Å². The number of likely N-dealkylation sites (tertiary alicyclic amines) is 1. The fraction of sp³-hybridized carbons (Fsp3) is 0.304. The first-order chi connectivity index (χ1) is 15.4. The Labute approximate surface area is 185 Å². The van der Waals surface area contributed by atoms with E-state index in [2.05, 4.69) is 15.7 Å². The predicted molar refractivity (Wildman–Crippen MR) is 118 cm³/mol. The molecule has 2 aliphatic heterocycles. The fourth-order valence-corrected chi connectivity index (χ4v) is 3.73. The average Bonchev–Trinajstić information content (AvgIpc) is 2.80. The molecule has 166 valence electrons. The number of carbonyl (C=O) groups is 3. The summed E-state index contributed by atoms with van der Waals surface area (Å²) in [6.45, 7) is 2.64. The molecular formula is C23H24FN5O3. The van der Waals surface area contributed by atoms with E-state index in [1.165, 1.54) is 17.1 Å². The molecule has 0 spiro atoms. The van der Waals surface area contributed by atoms with Gasteiger partial charge in [-0.2, -0.15) is 0 Å². The van der Waals surface area contributed by atoms with E-state index in [1.807, 2.05) is 19.1 Å². The van der Waals surface area contributed by atoms with E-state index in [4.69, 9.17) is 0 Å². The Hall–Kier alpha value is -3.75. The highest BCUT2D eigenvalue weighted by molar-refractivity contribution is 6.39. The summed E-state index contributed by atoms with van der Waals surface area (Å²) in [5, 5.41) is 4.23. The third-order valence-corrected chi connectivity index (χ3v) is 5.57. The Morgan fingerprint density at radius 1 is 1.09 bits per heavy atom. The van der Waals surface area contributed by atoms with E-state index in [0.29, 0.717) is 31.6 Å². The highest BCUT2D eigenvalue weighted by Gasteiger charge is 2.29. The van der Waals surface area contributed by atoms with Crippen molar-refractivity contribution in [3.8, 4) is 0 Å². The molecule has 0 aromatic heterocycles. The van der Waals surface area contributed by atoms with Gasteiger partial charge in [-0.15, -0.1) is 0 Å². The van der Waals surface area contributed by atoms with Gasteiger partial charge in [-0.1, -0.05) is 29.8 Å². The molecule has 0 saturated carbocycles. The zero-order valence-corrected chi connectivity index (χ0v) is 17.7. The van der Waals surface area contributed by atoms with Gasteiger partial charge < -0.3 is 10.2 Å². The van der Waals surface area contributed by atoms with Crippen LogP contribution in [0, 0.1) is 12.7 Å². The van der Waals surface area contributed by atoms with Crippen LogP contribution in [-0.4, -0.2) is 54.1 Å². The van der Waals surface area contributed by atoms with Crippen LogP contribution in [0.2, 0.25) is 0 Å². The van der Waals surface area contributed by atoms with Crippen LogP contribution in [0.4, 0.5) is 10.1 Å². The molecule has 2 N–H and O–H groups in total. The van der Waals surface area contributed by atoms with Crippen LogP contribution in [0.5, 0.6) is 0 Å². The van der Waals surface area contributed by atoms with Crippen molar-refractivity contribution in [2.45, 2.75) is 25.8 Å². The number of aliphatic imine (C=N–C) groups is 1. The van der Waals surface area contributed by atoms with Gasteiger partial charge in [0, 0.05) is 19.1 Å². The first-order valence-electron chi connectivity index (χ1n) is 10.5. The minimum Gasteiger partial charge on any atom is -0.346 e. The van der Waals surface area contributed by atoms with Gasteiger partial charge in [0.1, 0.15) is 12.4 Å². The summed E-state index contributed by atoms with van der Waals surface area (Å²) in [5.41, 5.74) is 4.54. The molecule has 2 aliphatic rings. The highest BCUT2D eigenvalue weighted by Crippen LogP contribution is 2.17. The lowest BCUT2D eigenvalue weighted by Crippen LogP contribution is -2.57. The van der Waals surface area contributed by atoms with Crippen molar-refractivity contribution in [3.63, 3.8) is 0 Å². The molecule has 0 unspecified atom stereocenters. The Kier molecular flexibility index (Phi) is 6.16. The van der Waals surface area contributed by atoms with E-state index in [0.717, 1.165) is 5.56 Å². The van der Waals surface area contributed by atoms with E-state index >= 15 is 0 Å². The number of aryl methyl sites for hydroxylation is 1. The van der Waals surface area contributed by atoms with Gasteiger partial charge in [0.2, 0.25) is 5.84 Å². The first-order valence-corrected chi connectivity index (χ1v) is 10.5. The average molecular weight is 437 g/mol. The van der Waals surface area contributed by atoms with Crippen molar-refractivity contribution in [3.05, 3.63) is 65.5 Å². The lowest BCUT2D eigenvalue weighted by Gasteiger charge is -2.33. The molecule has 0 radical (unpaired) electrons. The molecule has 0 aliphatic carbocycles. The second-order valence-corrected chi connectivity index (χ2v) is 7.86. The number of nitrogens with zero attached hydrogens (tertiary/aromatic N) is 3. The van der Waals surface area contributed by atoms with Crippen LogP contribution in [-0.2, 0) is 9.59 Å². The number of hydrogen-bond donors (Lipinski definition) is 2. The molecule has 2 heterocycles. The van der Waals surface area contributed by atoms with Gasteiger partial charge in [-0.25, -0.2) is 9.40 Å². The Morgan fingerprint density at radius 3 is 2.47 bits per heavy atom. The molecule has 1 saturated heterocycles. The number of halogens is 1. The summed E-state index contributed by atoms with van der Waals surface area (Å²) >= 11 is 0. The normalized spacial score (nSPS) is 16.9. The second kappa shape index (κ2) is 9.17. The van der Waals surface area contributed by atoms with Gasteiger partial charge in [-0.3, -0.25) is 24.8 Å².